The second-order valence-corrected chi connectivity index (χ2v) is 9.25. The van der Waals surface area contributed by atoms with Crippen molar-refractivity contribution in [2.75, 3.05) is 31.1 Å². The molecular formula is C23H25F7N4O. The average molecular weight is 506 g/mol. The standard InChI is InChI=1S/C23H25F7N4O/c24-21(5-8-31-9-6-21)11-19(35)33-15-10-14(22(25,26)27)12-34(13-15)18-4-3-17(23(28,29)30)20-16(18)2-1-7-32-20/h1-4,7,14-15,31H,5-6,8-13H2,(H,33,35)/t14-,15+/m0/s1. The molecule has 35 heavy (non-hydrogen) atoms. The van der Waals surface area contributed by atoms with Crippen LogP contribution in [0.25, 0.3) is 10.9 Å². The van der Waals surface area contributed by atoms with Crippen LogP contribution in [0.4, 0.5) is 36.4 Å². The van der Waals surface area contributed by atoms with E-state index in [0.29, 0.717) is 13.1 Å². The van der Waals surface area contributed by atoms with Crippen molar-refractivity contribution >= 4 is 22.5 Å². The molecule has 2 fully saturated rings. The molecule has 0 saturated carbocycles. The Morgan fingerprint density at radius 1 is 1.11 bits per heavy atom. The van der Waals surface area contributed by atoms with Crippen LogP contribution in [0.1, 0.15) is 31.2 Å². The van der Waals surface area contributed by atoms with Crippen LogP contribution < -0.4 is 15.5 Å². The first-order valence-electron chi connectivity index (χ1n) is 11.3. The summed E-state index contributed by atoms with van der Waals surface area (Å²) in [6.45, 7) is 0.275. The highest BCUT2D eigenvalue weighted by molar-refractivity contribution is 5.94. The predicted molar refractivity (Wildman–Crippen MR) is 116 cm³/mol. The maximum atomic E-state index is 14.9. The van der Waals surface area contributed by atoms with E-state index in [1.165, 1.54) is 23.2 Å². The lowest BCUT2D eigenvalue weighted by atomic mass is 9.89. The Hall–Kier alpha value is -2.63. The molecule has 12 heteroatoms. The third kappa shape index (κ3) is 5.79. The van der Waals surface area contributed by atoms with Gasteiger partial charge in [-0.25, -0.2) is 4.39 Å². The summed E-state index contributed by atoms with van der Waals surface area (Å²) in [6, 6.07) is 3.77. The fourth-order valence-corrected chi connectivity index (χ4v) is 4.92. The van der Waals surface area contributed by atoms with Gasteiger partial charge in [0.05, 0.1) is 23.4 Å². The van der Waals surface area contributed by atoms with Gasteiger partial charge in [0.2, 0.25) is 5.91 Å². The van der Waals surface area contributed by atoms with Crippen LogP contribution in [-0.4, -0.2) is 55.0 Å². The van der Waals surface area contributed by atoms with E-state index in [1.807, 2.05) is 0 Å². The second kappa shape index (κ2) is 9.44. The molecule has 192 valence electrons. The van der Waals surface area contributed by atoms with Crippen LogP contribution in [0.2, 0.25) is 0 Å². The first-order chi connectivity index (χ1) is 16.4. The van der Waals surface area contributed by atoms with Crippen molar-refractivity contribution in [2.45, 2.75) is 49.7 Å². The highest BCUT2D eigenvalue weighted by atomic mass is 19.4. The Morgan fingerprint density at radius 2 is 1.83 bits per heavy atom. The third-order valence-corrected chi connectivity index (χ3v) is 6.65. The first kappa shape index (κ1) is 25.5. The van der Waals surface area contributed by atoms with E-state index >= 15 is 0 Å². The Morgan fingerprint density at radius 3 is 2.49 bits per heavy atom. The van der Waals surface area contributed by atoms with Crippen LogP contribution in [0.15, 0.2) is 30.5 Å². The molecule has 2 aliphatic heterocycles. The number of alkyl halides is 7. The number of hydrogen-bond acceptors (Lipinski definition) is 4. The molecule has 0 unspecified atom stereocenters. The summed E-state index contributed by atoms with van der Waals surface area (Å²) in [6.07, 6.45) is -8.67. The number of carbonyl (C=O) groups excluding carboxylic acids is 1. The van der Waals surface area contributed by atoms with Gasteiger partial charge in [0.15, 0.2) is 0 Å². The summed E-state index contributed by atoms with van der Waals surface area (Å²) in [7, 11) is 0. The molecule has 0 spiro atoms. The van der Waals surface area contributed by atoms with Gasteiger partial charge in [-0.15, -0.1) is 0 Å². The normalized spacial score (nSPS) is 23.3. The zero-order valence-corrected chi connectivity index (χ0v) is 18.6. The van der Waals surface area contributed by atoms with Crippen molar-refractivity contribution in [3.8, 4) is 0 Å². The van der Waals surface area contributed by atoms with Crippen molar-refractivity contribution in [3.05, 3.63) is 36.0 Å². The minimum atomic E-state index is -4.69. The quantitative estimate of drug-likeness (QED) is 0.595. The molecule has 2 saturated heterocycles. The van der Waals surface area contributed by atoms with E-state index in [0.717, 1.165) is 12.1 Å². The van der Waals surface area contributed by atoms with Crippen LogP contribution >= 0.6 is 0 Å². The number of benzene rings is 1. The monoisotopic (exact) mass is 506 g/mol. The fraction of sp³-hybridized carbons (Fsp3) is 0.565. The van der Waals surface area contributed by atoms with Gasteiger partial charge < -0.3 is 15.5 Å². The number of rotatable bonds is 4. The molecule has 2 N–H and O–H groups in total. The SMILES string of the molecule is O=C(CC1(F)CCNCC1)N[C@@H]1C[C@H](C(F)(F)F)CN(c2ccc(C(F)(F)F)c3ncccc23)C1. The summed E-state index contributed by atoms with van der Waals surface area (Å²) in [5.41, 5.74) is -2.91. The molecule has 3 heterocycles. The van der Waals surface area contributed by atoms with Crippen molar-refractivity contribution in [1.29, 1.82) is 0 Å². The van der Waals surface area contributed by atoms with E-state index in [4.69, 9.17) is 0 Å². The van der Waals surface area contributed by atoms with E-state index < -0.39 is 60.8 Å². The summed E-state index contributed by atoms with van der Waals surface area (Å²) in [4.78, 5) is 17.7. The Bertz CT molecular complexity index is 1070. The van der Waals surface area contributed by atoms with Gasteiger partial charge in [0, 0.05) is 36.4 Å². The first-order valence-corrected chi connectivity index (χ1v) is 11.3. The van der Waals surface area contributed by atoms with E-state index in [2.05, 4.69) is 15.6 Å². The number of anilines is 1. The molecule has 0 radical (unpaired) electrons. The van der Waals surface area contributed by atoms with Crippen LogP contribution in [-0.2, 0) is 11.0 Å². The van der Waals surface area contributed by atoms with Crippen molar-refractivity contribution in [2.24, 2.45) is 5.92 Å². The summed E-state index contributed by atoms with van der Waals surface area (Å²) < 4.78 is 96.5. The maximum Gasteiger partial charge on any atom is 0.418 e. The third-order valence-electron chi connectivity index (χ3n) is 6.65. The number of nitrogens with one attached hydrogen (secondary N) is 2. The number of pyridine rings is 1. The molecule has 5 nitrogen and oxygen atoms in total. The van der Waals surface area contributed by atoms with E-state index in [1.54, 1.807) is 0 Å². The Labute approximate surface area is 197 Å². The van der Waals surface area contributed by atoms with Gasteiger partial charge in [0.1, 0.15) is 5.67 Å². The smallest absolute Gasteiger partial charge is 0.368 e. The lowest BCUT2D eigenvalue weighted by Crippen LogP contribution is -2.54. The van der Waals surface area contributed by atoms with Crippen LogP contribution in [0.5, 0.6) is 0 Å². The number of fused-ring (bicyclic) bond motifs is 1. The number of aromatic nitrogens is 1. The second-order valence-electron chi connectivity index (χ2n) is 9.25. The lowest BCUT2D eigenvalue weighted by Gasteiger charge is -2.41. The Kier molecular flexibility index (Phi) is 6.87. The maximum absolute atomic E-state index is 14.9. The zero-order chi connectivity index (χ0) is 25.4. The highest BCUT2D eigenvalue weighted by Gasteiger charge is 2.46. The van der Waals surface area contributed by atoms with Crippen molar-refractivity contribution in [3.63, 3.8) is 0 Å². The summed E-state index contributed by atoms with van der Waals surface area (Å²) in [5.74, 6) is -2.50. The Balaban J connectivity index is 1.60. The molecule has 1 aromatic carbocycles. The van der Waals surface area contributed by atoms with E-state index in [-0.39, 0.29) is 36.0 Å². The minimum Gasteiger partial charge on any atom is -0.368 e. The minimum absolute atomic E-state index is 0.0610. The molecule has 2 atom stereocenters. The predicted octanol–water partition coefficient (Wildman–Crippen LogP) is 4.61. The van der Waals surface area contributed by atoms with Gasteiger partial charge in [-0.05, 0) is 56.6 Å². The topological polar surface area (TPSA) is 57.3 Å². The van der Waals surface area contributed by atoms with Crippen LogP contribution in [0, 0.1) is 5.92 Å². The summed E-state index contributed by atoms with van der Waals surface area (Å²) in [5, 5.41) is 5.59. The molecule has 0 bridgehead atoms. The molecular weight excluding hydrogens is 481 g/mol. The number of piperidine rings is 2. The van der Waals surface area contributed by atoms with Crippen molar-refractivity contribution < 1.29 is 35.5 Å². The van der Waals surface area contributed by atoms with Gasteiger partial charge in [-0.1, -0.05) is 0 Å². The van der Waals surface area contributed by atoms with E-state index in [9.17, 15) is 35.5 Å². The molecule has 1 aromatic heterocycles. The van der Waals surface area contributed by atoms with Crippen LogP contribution in [0.3, 0.4) is 0 Å². The van der Waals surface area contributed by atoms with Crippen molar-refractivity contribution in [1.82, 2.24) is 15.6 Å². The fourth-order valence-electron chi connectivity index (χ4n) is 4.92. The average Bonchev–Trinajstić information content (AvgIpc) is 2.77. The molecule has 1 amide bonds. The highest BCUT2D eigenvalue weighted by Crippen LogP contribution is 2.40. The number of halogens is 7. The number of hydrogen-bond donors (Lipinski definition) is 2. The molecule has 0 aliphatic carbocycles. The lowest BCUT2D eigenvalue weighted by molar-refractivity contribution is -0.178. The number of nitrogens with zero attached hydrogens (tertiary/aromatic N) is 2. The number of carbonyl (C=O) groups is 1. The van der Waals surface area contributed by atoms with Gasteiger partial charge in [0.25, 0.3) is 0 Å². The number of amides is 1. The van der Waals surface area contributed by atoms with Gasteiger partial charge >= 0.3 is 12.4 Å². The molecule has 2 aliphatic rings. The van der Waals surface area contributed by atoms with Gasteiger partial charge in [-0.3, -0.25) is 9.78 Å². The molecule has 2 aromatic rings. The molecule has 4 rings (SSSR count). The zero-order valence-electron chi connectivity index (χ0n) is 18.6. The largest absolute Gasteiger partial charge is 0.418 e. The van der Waals surface area contributed by atoms with Gasteiger partial charge in [-0.2, -0.15) is 26.3 Å². The summed E-state index contributed by atoms with van der Waals surface area (Å²) >= 11 is 0.